The fourth-order valence-electron chi connectivity index (χ4n) is 1.92. The van der Waals surface area contributed by atoms with Gasteiger partial charge in [0, 0.05) is 5.39 Å². The van der Waals surface area contributed by atoms with Crippen molar-refractivity contribution in [2.45, 2.75) is 19.4 Å². The van der Waals surface area contributed by atoms with Crippen molar-refractivity contribution >= 4 is 22.7 Å². The highest BCUT2D eigenvalue weighted by molar-refractivity contribution is 5.83. The molecule has 4 nitrogen and oxygen atoms in total. The van der Waals surface area contributed by atoms with E-state index in [2.05, 4.69) is 16.9 Å². The number of hydrogen-bond donors (Lipinski definition) is 2. The molecule has 1 aromatic heterocycles. The Balaban J connectivity index is 2.36. The summed E-state index contributed by atoms with van der Waals surface area (Å²) < 4.78 is 0. The summed E-state index contributed by atoms with van der Waals surface area (Å²) in [5.74, 6) is -0.304. The lowest BCUT2D eigenvalue weighted by Gasteiger charge is -2.15. The van der Waals surface area contributed by atoms with Crippen LogP contribution >= 0.6 is 0 Å². The first-order valence-electron chi connectivity index (χ1n) is 6.08. The zero-order chi connectivity index (χ0) is 13.8. The lowest BCUT2D eigenvalue weighted by atomic mass is 10.1. The summed E-state index contributed by atoms with van der Waals surface area (Å²) in [5.41, 5.74) is 1.77. The summed E-state index contributed by atoms with van der Waals surface area (Å²) in [7, 11) is 0. The summed E-state index contributed by atoms with van der Waals surface area (Å²) in [6.45, 7) is 5.48. The first-order valence-corrected chi connectivity index (χ1v) is 6.08. The second-order valence-corrected chi connectivity index (χ2v) is 4.41. The van der Waals surface area contributed by atoms with Crippen LogP contribution in [0.2, 0.25) is 0 Å². The topological polar surface area (TPSA) is 62.2 Å². The first-order chi connectivity index (χ1) is 9.11. The van der Waals surface area contributed by atoms with Gasteiger partial charge in [0.15, 0.2) is 0 Å². The zero-order valence-corrected chi connectivity index (χ0v) is 10.8. The lowest BCUT2D eigenvalue weighted by molar-refractivity contribution is -0.137. The van der Waals surface area contributed by atoms with Crippen molar-refractivity contribution in [3.8, 4) is 0 Å². The average molecular weight is 256 g/mol. The molecule has 0 bridgehead atoms. The number of para-hydroxylation sites is 1. The van der Waals surface area contributed by atoms with Crippen LogP contribution in [0.5, 0.6) is 0 Å². The molecule has 2 aromatic rings. The van der Waals surface area contributed by atoms with Gasteiger partial charge < -0.3 is 10.4 Å². The maximum atomic E-state index is 11.1. The summed E-state index contributed by atoms with van der Waals surface area (Å²) in [4.78, 5) is 15.6. The molecule has 0 saturated heterocycles. The summed E-state index contributed by atoms with van der Waals surface area (Å²) in [6.07, 6.45) is 1.94. The van der Waals surface area contributed by atoms with Crippen molar-refractivity contribution in [1.29, 1.82) is 0 Å². The number of carbonyl (C=O) groups is 1. The summed E-state index contributed by atoms with van der Waals surface area (Å²) in [6, 6.07) is 9.05. The van der Waals surface area contributed by atoms with Crippen LogP contribution in [0.15, 0.2) is 43.0 Å². The molecule has 0 aliphatic carbocycles. The van der Waals surface area contributed by atoms with Gasteiger partial charge in [0.2, 0.25) is 0 Å². The van der Waals surface area contributed by atoms with E-state index >= 15 is 0 Å². The molecule has 0 amide bonds. The molecule has 2 rings (SSSR count). The highest BCUT2D eigenvalue weighted by Crippen LogP contribution is 2.20. The smallest absolute Gasteiger partial charge is 0.326 e. The van der Waals surface area contributed by atoms with Crippen LogP contribution in [0, 0.1) is 6.92 Å². The summed E-state index contributed by atoms with van der Waals surface area (Å²) in [5, 5.41) is 13.1. The molecule has 4 heteroatoms. The normalized spacial score (nSPS) is 12.1. The Bertz CT molecular complexity index is 623. The minimum atomic E-state index is -0.908. The molecule has 0 aliphatic rings. The Kier molecular flexibility index (Phi) is 3.80. The molecule has 1 atom stereocenters. The number of carboxylic acid groups (broad SMARTS) is 1. The van der Waals surface area contributed by atoms with Gasteiger partial charge in [0.25, 0.3) is 0 Å². The number of benzene rings is 1. The number of carboxylic acids is 1. The number of anilines is 1. The van der Waals surface area contributed by atoms with Crippen LogP contribution in [-0.4, -0.2) is 22.1 Å². The molecule has 19 heavy (non-hydrogen) atoms. The number of fused-ring (bicyclic) bond motifs is 1. The third-order valence-electron chi connectivity index (χ3n) is 2.93. The highest BCUT2D eigenvalue weighted by atomic mass is 16.4. The van der Waals surface area contributed by atoms with Gasteiger partial charge in [-0.25, -0.2) is 9.78 Å². The molecule has 0 radical (unpaired) electrons. The molecule has 1 unspecified atom stereocenters. The van der Waals surface area contributed by atoms with Crippen LogP contribution in [0.25, 0.3) is 10.9 Å². The van der Waals surface area contributed by atoms with Gasteiger partial charge in [-0.15, -0.1) is 6.58 Å². The maximum Gasteiger partial charge on any atom is 0.326 e. The van der Waals surface area contributed by atoms with Gasteiger partial charge in [0.05, 0.1) is 5.52 Å². The van der Waals surface area contributed by atoms with Gasteiger partial charge in [-0.2, -0.15) is 0 Å². The van der Waals surface area contributed by atoms with E-state index in [-0.39, 0.29) is 0 Å². The molecule has 0 fully saturated rings. The Labute approximate surface area is 111 Å². The van der Waals surface area contributed by atoms with Crippen molar-refractivity contribution in [1.82, 2.24) is 4.98 Å². The van der Waals surface area contributed by atoms with Gasteiger partial charge in [-0.3, -0.25) is 0 Å². The Morgan fingerprint density at radius 3 is 2.95 bits per heavy atom. The number of aromatic nitrogens is 1. The minimum Gasteiger partial charge on any atom is -0.480 e. The van der Waals surface area contributed by atoms with E-state index < -0.39 is 12.0 Å². The van der Waals surface area contributed by atoms with Gasteiger partial charge in [-0.1, -0.05) is 24.3 Å². The Morgan fingerprint density at radius 1 is 1.53 bits per heavy atom. The van der Waals surface area contributed by atoms with Crippen LogP contribution < -0.4 is 5.32 Å². The molecule has 2 N–H and O–H groups in total. The molecular formula is C15H16N2O2. The van der Waals surface area contributed by atoms with E-state index in [1.54, 1.807) is 6.08 Å². The van der Waals surface area contributed by atoms with Crippen LogP contribution in [0.4, 0.5) is 5.82 Å². The number of aliphatic carboxylic acids is 1. The standard InChI is InChI=1S/C15H16N2O2/c1-3-6-13(15(18)19)17-14-10(2)9-11-7-4-5-8-12(11)16-14/h3-5,7-9,13H,1,6H2,2H3,(H,16,17)(H,18,19). The first kappa shape index (κ1) is 13.1. The van der Waals surface area contributed by atoms with Crippen molar-refractivity contribution in [3.05, 3.63) is 48.6 Å². The zero-order valence-electron chi connectivity index (χ0n) is 10.8. The number of nitrogens with one attached hydrogen (secondary N) is 1. The van der Waals surface area contributed by atoms with Crippen LogP contribution in [0.1, 0.15) is 12.0 Å². The predicted octanol–water partition coefficient (Wildman–Crippen LogP) is 2.98. The van der Waals surface area contributed by atoms with Crippen LogP contribution in [0.3, 0.4) is 0 Å². The number of nitrogens with zero attached hydrogens (tertiary/aromatic N) is 1. The molecule has 1 aromatic carbocycles. The summed E-state index contributed by atoms with van der Waals surface area (Å²) >= 11 is 0. The van der Waals surface area contributed by atoms with E-state index in [4.69, 9.17) is 5.11 Å². The van der Waals surface area contributed by atoms with E-state index in [0.29, 0.717) is 12.2 Å². The number of hydrogen-bond acceptors (Lipinski definition) is 3. The average Bonchev–Trinajstić information content (AvgIpc) is 2.38. The SMILES string of the molecule is C=CCC(Nc1nc2ccccc2cc1C)C(=O)O. The van der Waals surface area contributed by atoms with Gasteiger partial charge in [0.1, 0.15) is 11.9 Å². The predicted molar refractivity (Wildman–Crippen MR) is 76.3 cm³/mol. The van der Waals surface area contributed by atoms with Crippen molar-refractivity contribution in [3.63, 3.8) is 0 Å². The molecule has 1 heterocycles. The van der Waals surface area contributed by atoms with E-state index in [1.165, 1.54) is 0 Å². The second-order valence-electron chi connectivity index (χ2n) is 4.41. The van der Waals surface area contributed by atoms with Crippen molar-refractivity contribution in [2.24, 2.45) is 0 Å². The largest absolute Gasteiger partial charge is 0.480 e. The Morgan fingerprint density at radius 2 is 2.26 bits per heavy atom. The molecule has 98 valence electrons. The molecule has 0 spiro atoms. The van der Waals surface area contributed by atoms with Crippen molar-refractivity contribution < 1.29 is 9.90 Å². The fraction of sp³-hybridized carbons (Fsp3) is 0.200. The van der Waals surface area contributed by atoms with Crippen LogP contribution in [-0.2, 0) is 4.79 Å². The number of pyridine rings is 1. The van der Waals surface area contributed by atoms with Gasteiger partial charge >= 0.3 is 5.97 Å². The van der Waals surface area contributed by atoms with Crippen molar-refractivity contribution in [2.75, 3.05) is 5.32 Å². The Hall–Kier alpha value is -2.36. The second kappa shape index (κ2) is 5.52. The lowest BCUT2D eigenvalue weighted by Crippen LogP contribution is -2.29. The van der Waals surface area contributed by atoms with Gasteiger partial charge in [-0.05, 0) is 31.0 Å². The molecular weight excluding hydrogens is 240 g/mol. The third kappa shape index (κ3) is 2.91. The number of rotatable bonds is 5. The minimum absolute atomic E-state index is 0.350. The fourth-order valence-corrected chi connectivity index (χ4v) is 1.92. The van der Waals surface area contributed by atoms with E-state index in [9.17, 15) is 4.79 Å². The van der Waals surface area contributed by atoms with E-state index in [0.717, 1.165) is 16.5 Å². The monoisotopic (exact) mass is 256 g/mol. The highest BCUT2D eigenvalue weighted by Gasteiger charge is 2.17. The van der Waals surface area contributed by atoms with E-state index in [1.807, 2.05) is 37.3 Å². The molecule has 0 aliphatic heterocycles. The quantitative estimate of drug-likeness (QED) is 0.807. The maximum absolute atomic E-state index is 11.1. The number of aryl methyl sites for hydroxylation is 1. The molecule has 0 saturated carbocycles. The third-order valence-corrected chi connectivity index (χ3v) is 2.93.